The summed E-state index contributed by atoms with van der Waals surface area (Å²) in [5, 5.41) is 8.84. The molecule has 0 amide bonds. The van der Waals surface area contributed by atoms with Gasteiger partial charge in [0, 0.05) is 5.56 Å². The maximum atomic E-state index is 13.3. The van der Waals surface area contributed by atoms with Crippen LogP contribution in [-0.2, 0) is 6.18 Å². The number of halogens is 8. The van der Waals surface area contributed by atoms with Crippen LogP contribution in [-0.4, -0.2) is 17.4 Å². The molecule has 0 aliphatic heterocycles. The summed E-state index contributed by atoms with van der Waals surface area (Å²) < 4.78 is 87.6. The lowest BCUT2D eigenvalue weighted by atomic mass is 9.95. The largest absolute Gasteiger partial charge is 0.416 e. The molecular weight excluding hydrogens is 319 g/mol. The molecule has 0 aromatic heterocycles. The van der Waals surface area contributed by atoms with Gasteiger partial charge in [-0.25, -0.2) is 4.39 Å². The van der Waals surface area contributed by atoms with Crippen LogP contribution in [0.2, 0.25) is 0 Å². The van der Waals surface area contributed by atoms with Crippen molar-refractivity contribution in [2.45, 2.75) is 24.5 Å². The summed E-state index contributed by atoms with van der Waals surface area (Å²) in [7, 11) is 0. The molecule has 0 heterocycles. The van der Waals surface area contributed by atoms with Crippen LogP contribution in [0, 0.1) is 5.82 Å². The van der Waals surface area contributed by atoms with Crippen molar-refractivity contribution < 1.29 is 35.8 Å². The summed E-state index contributed by atoms with van der Waals surface area (Å²) in [6.45, 7) is 0. The minimum absolute atomic E-state index is 0. The van der Waals surface area contributed by atoms with Gasteiger partial charge in [-0.2, -0.15) is 26.3 Å². The third-order valence-electron chi connectivity index (χ3n) is 2.37. The van der Waals surface area contributed by atoms with E-state index in [1.807, 2.05) is 0 Å². The van der Waals surface area contributed by atoms with E-state index < -0.39 is 41.4 Å². The molecule has 1 aromatic carbocycles. The molecule has 0 spiro atoms. The van der Waals surface area contributed by atoms with E-state index >= 15 is 0 Å². The van der Waals surface area contributed by atoms with Crippen molar-refractivity contribution in [3.8, 4) is 0 Å². The summed E-state index contributed by atoms with van der Waals surface area (Å²) in [5.41, 5.74) is 1.85. The van der Waals surface area contributed by atoms with Gasteiger partial charge in [0.05, 0.1) is 11.6 Å². The van der Waals surface area contributed by atoms with Crippen molar-refractivity contribution in [2.24, 2.45) is 5.73 Å². The SMILES string of the molecule is Cl.N[C@@H](c1c(F)cccc1C(F)(F)F)[C@H](O)C(F)(F)F. The van der Waals surface area contributed by atoms with Gasteiger partial charge in [0.15, 0.2) is 6.10 Å². The highest BCUT2D eigenvalue weighted by molar-refractivity contribution is 5.85. The lowest BCUT2D eigenvalue weighted by molar-refractivity contribution is -0.211. The molecule has 1 aromatic rings. The molecule has 2 atom stereocenters. The van der Waals surface area contributed by atoms with Crippen LogP contribution >= 0.6 is 12.4 Å². The van der Waals surface area contributed by atoms with E-state index in [2.05, 4.69) is 0 Å². The third-order valence-corrected chi connectivity index (χ3v) is 2.37. The first-order valence-corrected chi connectivity index (χ1v) is 4.82. The average Bonchev–Trinajstić information content (AvgIpc) is 2.24. The smallest absolute Gasteiger partial charge is 0.382 e. The van der Waals surface area contributed by atoms with E-state index in [1.165, 1.54) is 0 Å². The Balaban J connectivity index is 0.00000361. The molecule has 0 bridgehead atoms. The second-order valence-corrected chi connectivity index (χ2v) is 3.71. The zero-order valence-electron chi connectivity index (χ0n) is 9.47. The lowest BCUT2D eigenvalue weighted by Gasteiger charge is -2.24. The molecule has 0 saturated heterocycles. The Kier molecular flexibility index (Phi) is 5.82. The minimum atomic E-state index is -5.26. The summed E-state index contributed by atoms with van der Waals surface area (Å²) in [5.74, 6) is -1.56. The Labute approximate surface area is 114 Å². The molecule has 10 heteroatoms. The number of aliphatic hydroxyl groups is 1. The molecule has 0 unspecified atom stereocenters. The molecule has 2 nitrogen and oxygen atoms in total. The fourth-order valence-electron chi connectivity index (χ4n) is 1.48. The molecule has 0 saturated carbocycles. The molecule has 0 aliphatic rings. The summed E-state index contributed by atoms with van der Waals surface area (Å²) in [4.78, 5) is 0. The molecule has 0 aliphatic carbocycles. The monoisotopic (exact) mass is 327 g/mol. The minimum Gasteiger partial charge on any atom is -0.382 e. The van der Waals surface area contributed by atoms with Crippen molar-refractivity contribution in [1.82, 2.24) is 0 Å². The first-order chi connectivity index (χ1) is 8.46. The first-order valence-electron chi connectivity index (χ1n) is 4.82. The van der Waals surface area contributed by atoms with E-state index in [0.29, 0.717) is 18.2 Å². The number of nitrogens with two attached hydrogens (primary N) is 1. The second kappa shape index (κ2) is 6.15. The number of benzene rings is 1. The Morgan fingerprint density at radius 3 is 1.95 bits per heavy atom. The Morgan fingerprint density at radius 2 is 1.55 bits per heavy atom. The fourth-order valence-corrected chi connectivity index (χ4v) is 1.48. The van der Waals surface area contributed by atoms with Crippen LogP contribution in [0.4, 0.5) is 30.7 Å². The van der Waals surface area contributed by atoms with Gasteiger partial charge in [-0.1, -0.05) is 6.07 Å². The number of aliphatic hydroxyl groups excluding tert-OH is 1. The van der Waals surface area contributed by atoms with Crippen molar-refractivity contribution in [3.63, 3.8) is 0 Å². The number of hydrogen-bond acceptors (Lipinski definition) is 2. The van der Waals surface area contributed by atoms with Gasteiger partial charge in [0.2, 0.25) is 0 Å². The molecule has 116 valence electrons. The quantitative estimate of drug-likeness (QED) is 0.820. The van der Waals surface area contributed by atoms with Crippen LogP contribution in [0.15, 0.2) is 18.2 Å². The fraction of sp³-hybridized carbons (Fsp3) is 0.400. The zero-order valence-corrected chi connectivity index (χ0v) is 10.3. The molecule has 20 heavy (non-hydrogen) atoms. The van der Waals surface area contributed by atoms with Crippen molar-refractivity contribution in [3.05, 3.63) is 35.1 Å². The van der Waals surface area contributed by atoms with Crippen LogP contribution in [0.25, 0.3) is 0 Å². The van der Waals surface area contributed by atoms with Crippen molar-refractivity contribution in [1.29, 1.82) is 0 Å². The molecule has 0 radical (unpaired) electrons. The number of alkyl halides is 6. The van der Waals surface area contributed by atoms with Gasteiger partial charge in [0.25, 0.3) is 0 Å². The summed E-state index contributed by atoms with van der Waals surface area (Å²) in [6, 6.07) is -0.957. The predicted octanol–water partition coefficient (Wildman–Crippen LogP) is 3.19. The molecule has 0 fully saturated rings. The van der Waals surface area contributed by atoms with Gasteiger partial charge in [0.1, 0.15) is 5.82 Å². The summed E-state index contributed by atoms with van der Waals surface area (Å²) >= 11 is 0. The Hall–Kier alpha value is -1.06. The first kappa shape index (κ1) is 18.9. The molecule has 1 rings (SSSR count). The normalized spacial score (nSPS) is 15.4. The van der Waals surface area contributed by atoms with E-state index in [4.69, 9.17) is 10.8 Å². The van der Waals surface area contributed by atoms with Crippen molar-refractivity contribution >= 4 is 12.4 Å². The van der Waals surface area contributed by atoms with Crippen molar-refractivity contribution in [2.75, 3.05) is 0 Å². The Morgan fingerprint density at radius 1 is 1.05 bits per heavy atom. The van der Waals surface area contributed by atoms with E-state index in [9.17, 15) is 30.7 Å². The van der Waals surface area contributed by atoms with Gasteiger partial charge in [-0.3, -0.25) is 0 Å². The van der Waals surface area contributed by atoms with Crippen LogP contribution in [0.1, 0.15) is 17.2 Å². The topological polar surface area (TPSA) is 46.2 Å². The second-order valence-electron chi connectivity index (χ2n) is 3.71. The van der Waals surface area contributed by atoms with Gasteiger partial charge in [-0.05, 0) is 12.1 Å². The van der Waals surface area contributed by atoms with Crippen LogP contribution in [0.3, 0.4) is 0 Å². The van der Waals surface area contributed by atoms with Crippen LogP contribution in [0.5, 0.6) is 0 Å². The maximum absolute atomic E-state index is 13.3. The number of hydrogen-bond donors (Lipinski definition) is 2. The van der Waals surface area contributed by atoms with Gasteiger partial charge >= 0.3 is 12.4 Å². The van der Waals surface area contributed by atoms with E-state index in [-0.39, 0.29) is 12.4 Å². The van der Waals surface area contributed by atoms with Crippen LogP contribution < -0.4 is 5.73 Å². The van der Waals surface area contributed by atoms with Gasteiger partial charge < -0.3 is 10.8 Å². The lowest BCUT2D eigenvalue weighted by Crippen LogP contribution is -2.40. The maximum Gasteiger partial charge on any atom is 0.416 e. The number of rotatable bonds is 2. The van der Waals surface area contributed by atoms with Gasteiger partial charge in [-0.15, -0.1) is 12.4 Å². The van der Waals surface area contributed by atoms with E-state index in [1.54, 1.807) is 0 Å². The highest BCUT2D eigenvalue weighted by Crippen LogP contribution is 2.38. The molecular formula is C10H9ClF7NO. The Bertz CT molecular complexity index is 460. The van der Waals surface area contributed by atoms with E-state index in [0.717, 1.165) is 0 Å². The zero-order chi connectivity index (χ0) is 15.0. The molecule has 3 N–H and O–H groups in total. The third kappa shape index (κ3) is 3.97. The average molecular weight is 328 g/mol. The standard InChI is InChI=1S/C10H8F7NO.ClH/c11-5-3-1-2-4(9(12,13)14)6(5)7(18)8(19)10(15,16)17;/h1-3,7-8,19H,18H2;1H/t7-,8-;/m0./s1. The highest BCUT2D eigenvalue weighted by atomic mass is 35.5. The summed E-state index contributed by atoms with van der Waals surface area (Å²) in [6.07, 6.45) is -13.6. The predicted molar refractivity (Wildman–Crippen MR) is 57.6 cm³/mol. The highest BCUT2D eigenvalue weighted by Gasteiger charge is 2.46.